The highest BCUT2D eigenvalue weighted by molar-refractivity contribution is 9.10. The topological polar surface area (TPSA) is 93.7 Å². The number of ether oxygens (including phenoxy) is 2. The summed E-state index contributed by atoms with van der Waals surface area (Å²) in [5.41, 5.74) is -0.562. The maximum Gasteiger partial charge on any atom is 0.349 e. The van der Waals surface area contributed by atoms with Crippen LogP contribution >= 0.6 is 50.7 Å². The van der Waals surface area contributed by atoms with E-state index in [1.54, 1.807) is 75.4 Å². The van der Waals surface area contributed by atoms with Gasteiger partial charge in [0.05, 0.1) is 12.6 Å². The molecule has 1 spiro atoms. The van der Waals surface area contributed by atoms with E-state index in [0.29, 0.717) is 47.7 Å². The van der Waals surface area contributed by atoms with Gasteiger partial charge in [-0.25, -0.2) is 4.79 Å². The second-order valence-corrected chi connectivity index (χ2v) is 12.6. The van der Waals surface area contributed by atoms with Crippen molar-refractivity contribution in [2.45, 2.75) is 50.2 Å². The minimum atomic E-state index is -1.39. The number of carbonyl (C=O) groups is 3. The molecular formula is C30H26BrCl3N2O5. The van der Waals surface area contributed by atoms with Gasteiger partial charge >= 0.3 is 5.97 Å². The Morgan fingerprint density at radius 2 is 1.73 bits per heavy atom. The lowest BCUT2D eigenvalue weighted by Gasteiger charge is -2.47. The Balaban J connectivity index is 1.78. The SMILES string of the molecule is CCOC(=O)C(C)(C)Oc1ccc(Br)cc1[C@H]1CC(=O)N[C@@H](c2cc(Cl)ccc2Cl)[C@]12C(=O)Nc1cc(Cl)ccc12. The van der Waals surface area contributed by atoms with E-state index < -0.39 is 28.9 Å². The quantitative estimate of drug-likeness (QED) is 0.266. The molecule has 11 heteroatoms. The van der Waals surface area contributed by atoms with Crippen molar-refractivity contribution >= 4 is 74.2 Å². The Labute approximate surface area is 261 Å². The van der Waals surface area contributed by atoms with Crippen molar-refractivity contribution in [1.29, 1.82) is 0 Å². The second kappa shape index (κ2) is 11.1. The summed E-state index contributed by atoms with van der Waals surface area (Å²) in [6.07, 6.45) is -0.0587. The predicted molar refractivity (Wildman–Crippen MR) is 162 cm³/mol. The van der Waals surface area contributed by atoms with Crippen LogP contribution in [0, 0.1) is 0 Å². The first-order chi connectivity index (χ1) is 19.4. The van der Waals surface area contributed by atoms with Gasteiger partial charge in [-0.05, 0) is 80.4 Å². The summed E-state index contributed by atoms with van der Waals surface area (Å²) < 4.78 is 12.2. The molecule has 3 aromatic carbocycles. The molecule has 41 heavy (non-hydrogen) atoms. The first kappa shape index (κ1) is 29.7. The van der Waals surface area contributed by atoms with E-state index in [0.717, 1.165) is 0 Å². The largest absolute Gasteiger partial charge is 0.476 e. The highest BCUT2D eigenvalue weighted by Gasteiger charge is 2.62. The van der Waals surface area contributed by atoms with Crippen LogP contribution < -0.4 is 15.4 Å². The molecule has 1 fully saturated rings. The van der Waals surface area contributed by atoms with Gasteiger partial charge in [0.15, 0.2) is 5.60 Å². The molecule has 0 saturated carbocycles. The number of hydrogen-bond acceptors (Lipinski definition) is 5. The number of rotatable bonds is 6. The van der Waals surface area contributed by atoms with Gasteiger partial charge in [0.25, 0.3) is 0 Å². The van der Waals surface area contributed by atoms with E-state index in [1.165, 1.54) is 0 Å². The lowest BCUT2D eigenvalue weighted by molar-refractivity contribution is -0.158. The molecule has 2 N–H and O–H groups in total. The molecule has 0 aromatic heterocycles. The van der Waals surface area contributed by atoms with Gasteiger partial charge in [-0.3, -0.25) is 9.59 Å². The summed E-state index contributed by atoms with van der Waals surface area (Å²) in [5.74, 6) is -1.63. The third-order valence-corrected chi connectivity index (χ3v) is 8.81. The van der Waals surface area contributed by atoms with E-state index in [9.17, 15) is 14.4 Å². The maximum atomic E-state index is 14.4. The molecule has 2 aliphatic heterocycles. The van der Waals surface area contributed by atoms with Crippen LogP contribution in [0.15, 0.2) is 59.1 Å². The fraction of sp³-hybridized carbons (Fsp3) is 0.300. The molecule has 2 aliphatic rings. The van der Waals surface area contributed by atoms with Crippen molar-refractivity contribution < 1.29 is 23.9 Å². The van der Waals surface area contributed by atoms with Crippen molar-refractivity contribution in [3.8, 4) is 5.75 Å². The molecule has 0 radical (unpaired) electrons. The zero-order valence-corrected chi connectivity index (χ0v) is 26.2. The van der Waals surface area contributed by atoms with Crippen molar-refractivity contribution in [1.82, 2.24) is 5.32 Å². The number of hydrogen-bond donors (Lipinski definition) is 2. The van der Waals surface area contributed by atoms with E-state index in [-0.39, 0.29) is 24.8 Å². The standard InChI is InChI=1S/C30H26BrCl3N2O5/c1-4-40-28(39)29(2,3)41-24-10-5-15(31)11-18(24)21-14-25(37)36-26(19-12-16(32)7-9-22(19)34)30(21)20-8-6-17(33)13-23(20)35-27(30)38/h5-13,21,26H,4,14H2,1-3H3,(H,35,38)(H,36,37)/t21-,26+,30-/m1/s1. The zero-order chi connectivity index (χ0) is 29.7. The molecule has 3 aromatic rings. The summed E-state index contributed by atoms with van der Waals surface area (Å²) in [4.78, 5) is 40.6. The number of benzene rings is 3. The number of piperidine rings is 1. The minimum Gasteiger partial charge on any atom is -0.476 e. The van der Waals surface area contributed by atoms with Crippen LogP contribution in [0.1, 0.15) is 55.8 Å². The number of nitrogens with one attached hydrogen (secondary N) is 2. The lowest BCUT2D eigenvalue weighted by atomic mass is 9.59. The molecular weight excluding hydrogens is 655 g/mol. The molecule has 0 aliphatic carbocycles. The number of amides is 2. The molecule has 5 rings (SSSR count). The summed E-state index contributed by atoms with van der Waals surface area (Å²) in [6, 6.07) is 14.5. The fourth-order valence-electron chi connectivity index (χ4n) is 5.76. The third kappa shape index (κ3) is 5.20. The Morgan fingerprint density at radius 3 is 2.46 bits per heavy atom. The molecule has 2 heterocycles. The van der Waals surface area contributed by atoms with Crippen LogP contribution in [0.3, 0.4) is 0 Å². The minimum absolute atomic E-state index is 0.0587. The van der Waals surface area contributed by atoms with E-state index in [1.807, 2.05) is 0 Å². The molecule has 0 bridgehead atoms. The van der Waals surface area contributed by atoms with Crippen LogP contribution in [0.2, 0.25) is 15.1 Å². The molecule has 1 saturated heterocycles. The number of esters is 1. The van der Waals surface area contributed by atoms with Gasteiger partial charge in [0, 0.05) is 43.1 Å². The first-order valence-corrected chi connectivity index (χ1v) is 14.8. The fourth-order valence-corrected chi connectivity index (χ4v) is 6.72. The van der Waals surface area contributed by atoms with Gasteiger partial charge < -0.3 is 20.1 Å². The Morgan fingerprint density at radius 1 is 1.02 bits per heavy atom. The number of carbonyl (C=O) groups excluding carboxylic acids is 3. The van der Waals surface area contributed by atoms with Crippen LogP contribution in [0.4, 0.5) is 5.69 Å². The summed E-state index contributed by atoms with van der Waals surface area (Å²) >= 11 is 22.9. The summed E-state index contributed by atoms with van der Waals surface area (Å²) in [5, 5.41) is 7.20. The highest BCUT2D eigenvalue weighted by Crippen LogP contribution is 2.59. The van der Waals surface area contributed by atoms with E-state index >= 15 is 0 Å². The average molecular weight is 681 g/mol. The van der Waals surface area contributed by atoms with E-state index in [2.05, 4.69) is 26.6 Å². The number of halogens is 4. The monoisotopic (exact) mass is 678 g/mol. The van der Waals surface area contributed by atoms with Crippen molar-refractivity contribution in [3.63, 3.8) is 0 Å². The molecule has 0 unspecified atom stereocenters. The van der Waals surface area contributed by atoms with Crippen molar-refractivity contribution in [3.05, 3.63) is 90.8 Å². The van der Waals surface area contributed by atoms with Gasteiger partial charge in [-0.2, -0.15) is 0 Å². The van der Waals surface area contributed by atoms with E-state index in [4.69, 9.17) is 44.3 Å². The number of fused-ring (bicyclic) bond motifs is 2. The number of anilines is 1. The Kier molecular flexibility index (Phi) is 8.07. The van der Waals surface area contributed by atoms with Gasteiger partial charge in [0.1, 0.15) is 11.2 Å². The van der Waals surface area contributed by atoms with Crippen LogP contribution in [0.25, 0.3) is 0 Å². The average Bonchev–Trinajstić information content (AvgIpc) is 3.18. The van der Waals surface area contributed by atoms with Gasteiger partial charge in [0.2, 0.25) is 11.8 Å². The molecule has 7 nitrogen and oxygen atoms in total. The molecule has 3 atom stereocenters. The lowest BCUT2D eigenvalue weighted by Crippen LogP contribution is -2.57. The molecule has 214 valence electrons. The smallest absolute Gasteiger partial charge is 0.349 e. The molecule has 2 amide bonds. The van der Waals surface area contributed by atoms with Crippen LogP contribution in [-0.2, 0) is 24.5 Å². The second-order valence-electron chi connectivity index (χ2n) is 10.5. The summed E-state index contributed by atoms with van der Waals surface area (Å²) in [6.45, 7) is 5.11. The van der Waals surface area contributed by atoms with Gasteiger partial charge in [-0.15, -0.1) is 0 Å². The first-order valence-electron chi connectivity index (χ1n) is 12.9. The third-order valence-electron chi connectivity index (χ3n) is 7.50. The van der Waals surface area contributed by atoms with Crippen molar-refractivity contribution in [2.24, 2.45) is 0 Å². The Hall–Kier alpha value is -2.78. The van der Waals surface area contributed by atoms with Crippen LogP contribution in [0.5, 0.6) is 5.75 Å². The van der Waals surface area contributed by atoms with Crippen LogP contribution in [-0.4, -0.2) is 30.0 Å². The normalized spacial score (nSPS) is 21.7. The summed E-state index contributed by atoms with van der Waals surface area (Å²) in [7, 11) is 0. The predicted octanol–water partition coefficient (Wildman–Crippen LogP) is 7.36. The Bertz CT molecular complexity index is 1580. The maximum absolute atomic E-state index is 14.4. The zero-order valence-electron chi connectivity index (χ0n) is 22.3. The van der Waals surface area contributed by atoms with Gasteiger partial charge in [-0.1, -0.05) is 56.8 Å². The van der Waals surface area contributed by atoms with Crippen molar-refractivity contribution in [2.75, 3.05) is 11.9 Å². The highest BCUT2D eigenvalue weighted by atomic mass is 79.9.